The summed E-state index contributed by atoms with van der Waals surface area (Å²) in [7, 11) is 0. The number of aromatic nitrogens is 2. The molecule has 0 aliphatic carbocycles. The van der Waals surface area contributed by atoms with Gasteiger partial charge in [-0.05, 0) is 19.1 Å². The Bertz CT molecular complexity index is 821. The summed E-state index contributed by atoms with van der Waals surface area (Å²) in [6.07, 6.45) is 1.50. The van der Waals surface area contributed by atoms with E-state index in [9.17, 15) is 4.79 Å². The lowest BCUT2D eigenvalue weighted by molar-refractivity contribution is -0.115. The van der Waals surface area contributed by atoms with Gasteiger partial charge in [0.1, 0.15) is 5.82 Å². The number of hydrogen-bond donors (Lipinski definition) is 1. The Morgan fingerprint density at radius 1 is 1.25 bits per heavy atom. The maximum atomic E-state index is 12.3. The van der Waals surface area contributed by atoms with Gasteiger partial charge in [-0.3, -0.25) is 4.79 Å². The first kappa shape index (κ1) is 17.0. The molecule has 0 unspecified atom stereocenters. The van der Waals surface area contributed by atoms with Crippen LogP contribution in [-0.4, -0.2) is 21.1 Å². The lowest BCUT2D eigenvalue weighted by Crippen LogP contribution is -2.22. The Balaban J connectivity index is 1.62. The number of thiazole rings is 1. The van der Waals surface area contributed by atoms with Gasteiger partial charge < -0.3 is 5.32 Å². The lowest BCUT2D eigenvalue weighted by atomic mass is 10.2. The van der Waals surface area contributed by atoms with Crippen molar-refractivity contribution in [3.63, 3.8) is 0 Å². The third-order valence-electron chi connectivity index (χ3n) is 3.18. The number of hydrogen-bond acceptors (Lipinski definition) is 5. The fourth-order valence-corrected chi connectivity index (χ4v) is 4.02. The molecule has 1 atom stereocenters. The van der Waals surface area contributed by atoms with Crippen molar-refractivity contribution < 1.29 is 4.79 Å². The van der Waals surface area contributed by atoms with E-state index in [4.69, 9.17) is 11.6 Å². The summed E-state index contributed by atoms with van der Waals surface area (Å²) in [5.74, 6) is 0.368. The number of pyridine rings is 1. The molecular weight excluding hydrogens is 362 g/mol. The fourth-order valence-electron chi connectivity index (χ4n) is 1.94. The first-order valence-corrected chi connectivity index (χ1v) is 9.35. The van der Waals surface area contributed by atoms with Crippen LogP contribution in [0, 0.1) is 0 Å². The zero-order valence-corrected chi connectivity index (χ0v) is 15.2. The van der Waals surface area contributed by atoms with Gasteiger partial charge in [-0.15, -0.1) is 11.3 Å². The molecular formula is C17H14ClN3OS2. The molecule has 0 radical (unpaired) electrons. The Labute approximate surface area is 153 Å². The summed E-state index contributed by atoms with van der Waals surface area (Å²) in [5.41, 5.74) is 2.00. The van der Waals surface area contributed by atoms with E-state index in [0.29, 0.717) is 10.8 Å². The Kier molecular flexibility index (Phi) is 5.50. The van der Waals surface area contributed by atoms with Gasteiger partial charge in [-0.1, -0.05) is 53.7 Å². The van der Waals surface area contributed by atoms with Gasteiger partial charge in [0.25, 0.3) is 0 Å². The monoisotopic (exact) mass is 375 g/mol. The van der Waals surface area contributed by atoms with Crippen LogP contribution in [0.2, 0.25) is 5.02 Å². The smallest absolute Gasteiger partial charge is 0.238 e. The minimum Gasteiger partial charge on any atom is -0.310 e. The number of amides is 1. The number of anilines is 1. The molecule has 0 saturated carbocycles. The van der Waals surface area contributed by atoms with Crippen LogP contribution in [0.4, 0.5) is 5.82 Å². The normalized spacial score (nSPS) is 11.9. The maximum absolute atomic E-state index is 12.3. The topological polar surface area (TPSA) is 54.9 Å². The highest BCUT2D eigenvalue weighted by atomic mass is 35.5. The van der Waals surface area contributed by atoms with Gasteiger partial charge >= 0.3 is 0 Å². The standard InChI is InChI=1S/C17H14ClN3OS2/c1-11(16(22)21-15-8-7-13(18)9-19-15)24-17-20-14(10-23-17)12-5-3-2-4-6-12/h2-11H,1H3,(H,19,21,22)/t11-/m1/s1. The summed E-state index contributed by atoms with van der Waals surface area (Å²) in [4.78, 5) is 20.9. The van der Waals surface area contributed by atoms with Crippen molar-refractivity contribution >= 4 is 46.4 Å². The van der Waals surface area contributed by atoms with Crippen molar-refractivity contribution in [1.29, 1.82) is 0 Å². The molecule has 0 aliphatic rings. The van der Waals surface area contributed by atoms with Gasteiger partial charge in [-0.2, -0.15) is 0 Å². The molecule has 0 bridgehead atoms. The Morgan fingerprint density at radius 3 is 2.75 bits per heavy atom. The summed E-state index contributed by atoms with van der Waals surface area (Å²) < 4.78 is 0.862. The first-order chi connectivity index (χ1) is 11.6. The van der Waals surface area contributed by atoms with Crippen molar-refractivity contribution in [2.24, 2.45) is 0 Å². The van der Waals surface area contributed by atoms with E-state index in [2.05, 4.69) is 15.3 Å². The number of halogens is 1. The summed E-state index contributed by atoms with van der Waals surface area (Å²) in [6, 6.07) is 13.3. The Hall–Kier alpha value is -1.89. The molecule has 0 fully saturated rings. The van der Waals surface area contributed by atoms with Crippen molar-refractivity contribution in [3.8, 4) is 11.3 Å². The number of nitrogens with one attached hydrogen (secondary N) is 1. The molecule has 1 N–H and O–H groups in total. The highest BCUT2D eigenvalue weighted by Crippen LogP contribution is 2.31. The van der Waals surface area contributed by atoms with Crippen LogP contribution < -0.4 is 5.32 Å². The molecule has 122 valence electrons. The third kappa shape index (κ3) is 4.35. The molecule has 1 aromatic carbocycles. The summed E-state index contributed by atoms with van der Waals surface area (Å²) in [5, 5.41) is 5.03. The average molecular weight is 376 g/mol. The summed E-state index contributed by atoms with van der Waals surface area (Å²) >= 11 is 8.75. The molecule has 0 aliphatic heterocycles. The van der Waals surface area contributed by atoms with Crippen molar-refractivity contribution in [3.05, 3.63) is 59.1 Å². The zero-order chi connectivity index (χ0) is 16.9. The van der Waals surface area contributed by atoms with Gasteiger partial charge in [0.2, 0.25) is 5.91 Å². The zero-order valence-electron chi connectivity index (χ0n) is 12.8. The second kappa shape index (κ2) is 7.79. The van der Waals surface area contributed by atoms with Gasteiger partial charge in [0.05, 0.1) is 16.0 Å². The number of benzene rings is 1. The number of carbonyl (C=O) groups excluding carboxylic acids is 1. The second-order valence-corrected chi connectivity index (χ2v) is 7.86. The minimum atomic E-state index is -0.280. The largest absolute Gasteiger partial charge is 0.310 e. The molecule has 2 heterocycles. The predicted molar refractivity (Wildman–Crippen MR) is 101 cm³/mol. The molecule has 3 aromatic rings. The molecule has 7 heteroatoms. The van der Waals surface area contributed by atoms with Crippen molar-refractivity contribution in [2.45, 2.75) is 16.5 Å². The van der Waals surface area contributed by atoms with E-state index in [-0.39, 0.29) is 11.2 Å². The van der Waals surface area contributed by atoms with Gasteiger partial charge in [-0.25, -0.2) is 9.97 Å². The highest BCUT2D eigenvalue weighted by Gasteiger charge is 2.17. The van der Waals surface area contributed by atoms with Gasteiger partial charge in [0, 0.05) is 17.1 Å². The van der Waals surface area contributed by atoms with Crippen molar-refractivity contribution in [1.82, 2.24) is 9.97 Å². The minimum absolute atomic E-state index is 0.119. The second-order valence-electron chi connectivity index (χ2n) is 4.98. The van der Waals surface area contributed by atoms with Crippen LogP contribution in [0.25, 0.3) is 11.3 Å². The molecule has 3 rings (SSSR count). The molecule has 24 heavy (non-hydrogen) atoms. The van der Waals surface area contributed by atoms with Crippen LogP contribution in [0.15, 0.2) is 58.4 Å². The maximum Gasteiger partial charge on any atom is 0.238 e. The van der Waals surface area contributed by atoms with Gasteiger partial charge in [0.15, 0.2) is 4.34 Å². The molecule has 1 amide bonds. The summed E-state index contributed by atoms with van der Waals surface area (Å²) in [6.45, 7) is 1.85. The van der Waals surface area contributed by atoms with E-state index < -0.39 is 0 Å². The van der Waals surface area contributed by atoms with Crippen molar-refractivity contribution in [2.75, 3.05) is 5.32 Å². The SMILES string of the molecule is C[C@@H](Sc1nc(-c2ccccc2)cs1)C(=O)Nc1ccc(Cl)cn1. The molecule has 4 nitrogen and oxygen atoms in total. The van der Waals surface area contributed by atoms with Crippen LogP contribution in [0.1, 0.15) is 6.92 Å². The number of rotatable bonds is 5. The predicted octanol–water partition coefficient (Wildman–Crippen LogP) is 4.98. The fraction of sp³-hybridized carbons (Fsp3) is 0.118. The van der Waals surface area contributed by atoms with E-state index in [1.54, 1.807) is 12.1 Å². The lowest BCUT2D eigenvalue weighted by Gasteiger charge is -2.09. The van der Waals surface area contributed by atoms with Crippen LogP contribution in [-0.2, 0) is 4.79 Å². The van der Waals surface area contributed by atoms with E-state index in [1.807, 2.05) is 42.6 Å². The van der Waals surface area contributed by atoms with Crippen LogP contribution in [0.3, 0.4) is 0 Å². The average Bonchev–Trinajstić information content (AvgIpc) is 3.06. The highest BCUT2D eigenvalue weighted by molar-refractivity contribution is 8.02. The molecule has 2 aromatic heterocycles. The first-order valence-electron chi connectivity index (χ1n) is 7.22. The number of thioether (sulfide) groups is 1. The van der Waals surface area contributed by atoms with Crippen LogP contribution >= 0.6 is 34.7 Å². The number of carbonyl (C=O) groups is 1. The molecule has 0 spiro atoms. The third-order valence-corrected chi connectivity index (χ3v) is 5.47. The van der Waals surface area contributed by atoms with E-state index in [1.165, 1.54) is 29.3 Å². The van der Waals surface area contributed by atoms with E-state index >= 15 is 0 Å². The van der Waals surface area contributed by atoms with E-state index in [0.717, 1.165) is 15.6 Å². The number of nitrogens with zero attached hydrogens (tertiary/aromatic N) is 2. The Morgan fingerprint density at radius 2 is 2.04 bits per heavy atom. The quantitative estimate of drug-likeness (QED) is 0.639. The van der Waals surface area contributed by atoms with Crippen LogP contribution in [0.5, 0.6) is 0 Å². The molecule has 0 saturated heterocycles.